The molecule has 0 aliphatic rings. The summed E-state index contributed by atoms with van der Waals surface area (Å²) >= 11 is 2.19. The van der Waals surface area contributed by atoms with E-state index in [1.54, 1.807) is 0 Å². The molecule has 0 saturated heterocycles. The topological polar surface area (TPSA) is 0 Å². The molecular formula is C11H23I. The van der Waals surface area contributed by atoms with Crippen molar-refractivity contribution in [3.63, 3.8) is 0 Å². The van der Waals surface area contributed by atoms with Gasteiger partial charge in [0.15, 0.2) is 0 Å². The standard InChI is InChI=1S/C11H23I/c1-2-3-4-5-6-7-8-9-10-11-12/h2-11H2,1H3/i11D. The molecule has 0 radical (unpaired) electrons. The van der Waals surface area contributed by atoms with Crippen molar-refractivity contribution in [3.8, 4) is 0 Å². The molecule has 1 unspecified atom stereocenters. The summed E-state index contributed by atoms with van der Waals surface area (Å²) in [5.41, 5.74) is 0. The van der Waals surface area contributed by atoms with Crippen LogP contribution in [0.4, 0.5) is 0 Å². The van der Waals surface area contributed by atoms with Crippen molar-refractivity contribution >= 4 is 22.6 Å². The van der Waals surface area contributed by atoms with Crippen LogP contribution in [-0.2, 0) is 0 Å². The Morgan fingerprint density at radius 2 is 1.25 bits per heavy atom. The minimum Gasteiger partial charge on any atom is -0.0864 e. The Morgan fingerprint density at radius 3 is 1.67 bits per heavy atom. The number of rotatable bonds is 9. The average molecular weight is 283 g/mol. The molecule has 0 bridgehead atoms. The van der Waals surface area contributed by atoms with E-state index in [1.165, 1.54) is 51.4 Å². The Morgan fingerprint density at radius 1 is 0.833 bits per heavy atom. The Kier molecular flexibility index (Phi) is 10.6. The molecule has 0 nitrogen and oxygen atoms in total. The Hall–Kier alpha value is 0.730. The normalized spacial score (nSPS) is 14.3. The summed E-state index contributed by atoms with van der Waals surface area (Å²) in [4.78, 5) is 0. The van der Waals surface area contributed by atoms with Crippen LogP contribution >= 0.6 is 22.6 Å². The summed E-state index contributed by atoms with van der Waals surface area (Å²) in [5, 5.41) is 0. The van der Waals surface area contributed by atoms with Crippen LogP contribution in [0.2, 0.25) is 0 Å². The van der Waals surface area contributed by atoms with E-state index in [-0.39, 0.29) is 4.40 Å². The largest absolute Gasteiger partial charge is 0.0864 e. The van der Waals surface area contributed by atoms with E-state index in [2.05, 4.69) is 29.5 Å². The van der Waals surface area contributed by atoms with E-state index >= 15 is 0 Å². The predicted molar refractivity (Wildman–Crippen MR) is 66.1 cm³/mol. The monoisotopic (exact) mass is 283 g/mol. The summed E-state index contributed by atoms with van der Waals surface area (Å²) in [6.07, 6.45) is 12.0. The molecule has 0 aliphatic heterocycles. The van der Waals surface area contributed by atoms with Gasteiger partial charge in [0, 0.05) is 1.37 Å². The van der Waals surface area contributed by atoms with Gasteiger partial charge in [-0.3, -0.25) is 0 Å². The van der Waals surface area contributed by atoms with Crippen molar-refractivity contribution in [2.24, 2.45) is 0 Å². The van der Waals surface area contributed by atoms with Gasteiger partial charge in [-0.25, -0.2) is 0 Å². The number of alkyl halides is 1. The number of hydrogen-bond acceptors (Lipinski definition) is 0. The fourth-order valence-electron chi connectivity index (χ4n) is 1.36. The molecule has 0 aliphatic carbocycles. The quantitative estimate of drug-likeness (QED) is 0.319. The summed E-state index contributed by atoms with van der Waals surface area (Å²) in [6.45, 7) is 2.26. The summed E-state index contributed by atoms with van der Waals surface area (Å²) in [6, 6.07) is 0. The van der Waals surface area contributed by atoms with Crippen LogP contribution in [0.1, 0.15) is 66.1 Å². The van der Waals surface area contributed by atoms with E-state index in [9.17, 15) is 0 Å². The minimum absolute atomic E-state index is 0.123. The average Bonchev–Trinajstić information content (AvgIpc) is 2.09. The maximum absolute atomic E-state index is 7.34. The zero-order chi connectivity index (χ0) is 9.94. The first-order valence-corrected chi connectivity index (χ1v) is 6.58. The Balaban J connectivity index is 2.84. The summed E-state index contributed by atoms with van der Waals surface area (Å²) < 4.78 is 7.46. The lowest BCUT2D eigenvalue weighted by atomic mass is 10.1. The van der Waals surface area contributed by atoms with Gasteiger partial charge in [0.25, 0.3) is 0 Å². The van der Waals surface area contributed by atoms with Crippen LogP contribution in [0.25, 0.3) is 0 Å². The zero-order valence-electron chi connectivity index (χ0n) is 9.32. The van der Waals surface area contributed by atoms with Gasteiger partial charge in [-0.1, -0.05) is 80.9 Å². The van der Waals surface area contributed by atoms with Crippen LogP contribution in [0.3, 0.4) is 0 Å². The maximum atomic E-state index is 7.34. The third-order valence-electron chi connectivity index (χ3n) is 2.17. The fourth-order valence-corrected chi connectivity index (χ4v) is 1.80. The van der Waals surface area contributed by atoms with Gasteiger partial charge in [-0.15, -0.1) is 0 Å². The second-order valence-corrected chi connectivity index (χ2v) is 4.30. The number of halogens is 1. The predicted octanol–water partition coefficient (Wildman–Crippen LogP) is 4.95. The molecule has 0 rings (SSSR count). The molecule has 0 fully saturated rings. The van der Waals surface area contributed by atoms with Crippen molar-refractivity contribution in [2.75, 3.05) is 4.40 Å². The highest BCUT2D eigenvalue weighted by atomic mass is 127. The van der Waals surface area contributed by atoms with Crippen LogP contribution < -0.4 is 0 Å². The lowest BCUT2D eigenvalue weighted by molar-refractivity contribution is 0.574. The number of hydrogen-bond donors (Lipinski definition) is 0. The molecular weight excluding hydrogens is 259 g/mol. The lowest BCUT2D eigenvalue weighted by Crippen LogP contribution is -1.81. The SMILES string of the molecule is [2H]C(I)CCCCCCCCCC. The molecule has 0 aromatic heterocycles. The fraction of sp³-hybridized carbons (Fsp3) is 1.00. The van der Waals surface area contributed by atoms with Crippen LogP contribution in [0, 0.1) is 0 Å². The van der Waals surface area contributed by atoms with Crippen LogP contribution in [-0.4, -0.2) is 4.40 Å². The molecule has 0 amide bonds. The molecule has 0 aromatic rings. The molecule has 0 aromatic carbocycles. The van der Waals surface area contributed by atoms with Crippen LogP contribution in [0.5, 0.6) is 0 Å². The van der Waals surface area contributed by atoms with E-state index in [1.807, 2.05) is 0 Å². The summed E-state index contributed by atoms with van der Waals surface area (Å²) in [7, 11) is 0. The number of unbranched alkanes of at least 4 members (excludes halogenated alkanes) is 7. The molecule has 0 N–H and O–H groups in total. The minimum atomic E-state index is 0.123. The molecule has 74 valence electrons. The molecule has 0 saturated carbocycles. The van der Waals surface area contributed by atoms with Crippen molar-refractivity contribution in [3.05, 3.63) is 0 Å². The molecule has 1 heteroatoms. The highest BCUT2D eigenvalue weighted by Gasteiger charge is 1.90. The molecule has 0 spiro atoms. The first-order chi connectivity index (χ1) is 6.27. The van der Waals surface area contributed by atoms with E-state index < -0.39 is 0 Å². The lowest BCUT2D eigenvalue weighted by Gasteiger charge is -1.99. The van der Waals surface area contributed by atoms with Gasteiger partial charge in [0.05, 0.1) is 0 Å². The van der Waals surface area contributed by atoms with E-state index in [0.29, 0.717) is 0 Å². The highest BCUT2D eigenvalue weighted by Crippen LogP contribution is 2.09. The van der Waals surface area contributed by atoms with Gasteiger partial charge in [0.1, 0.15) is 0 Å². The van der Waals surface area contributed by atoms with Gasteiger partial charge >= 0.3 is 0 Å². The first kappa shape index (κ1) is 10.8. The van der Waals surface area contributed by atoms with E-state index in [0.717, 1.165) is 6.42 Å². The summed E-state index contributed by atoms with van der Waals surface area (Å²) in [5.74, 6) is 0. The van der Waals surface area contributed by atoms with Crippen molar-refractivity contribution in [2.45, 2.75) is 64.7 Å². The molecule has 0 heterocycles. The van der Waals surface area contributed by atoms with Crippen molar-refractivity contribution in [1.29, 1.82) is 0 Å². The van der Waals surface area contributed by atoms with E-state index in [4.69, 9.17) is 1.37 Å². The third-order valence-corrected chi connectivity index (χ3v) is 2.79. The second kappa shape index (κ2) is 11.7. The first-order valence-electron chi connectivity index (χ1n) is 5.91. The smallest absolute Gasteiger partial charge is 0.0377 e. The zero-order valence-corrected chi connectivity index (χ0v) is 10.5. The van der Waals surface area contributed by atoms with Gasteiger partial charge in [0.2, 0.25) is 0 Å². The second-order valence-electron chi connectivity index (χ2n) is 3.42. The highest BCUT2D eigenvalue weighted by molar-refractivity contribution is 14.1. The Bertz CT molecular complexity index is 94.1. The Labute approximate surface area is 93.1 Å². The molecule has 1 atom stereocenters. The molecule has 12 heavy (non-hydrogen) atoms. The van der Waals surface area contributed by atoms with Crippen molar-refractivity contribution in [1.82, 2.24) is 0 Å². The van der Waals surface area contributed by atoms with Crippen LogP contribution in [0.15, 0.2) is 0 Å². The van der Waals surface area contributed by atoms with Gasteiger partial charge in [-0.2, -0.15) is 0 Å². The third kappa shape index (κ3) is 10.7. The van der Waals surface area contributed by atoms with Crippen molar-refractivity contribution < 1.29 is 1.37 Å². The maximum Gasteiger partial charge on any atom is 0.0377 e. The van der Waals surface area contributed by atoms with Gasteiger partial charge < -0.3 is 0 Å². The van der Waals surface area contributed by atoms with Gasteiger partial charge in [-0.05, 0) is 10.8 Å².